The third kappa shape index (κ3) is 5.44. The quantitative estimate of drug-likeness (QED) is 0.261. The predicted molar refractivity (Wildman–Crippen MR) is 134 cm³/mol. The molecule has 2 aromatic carbocycles. The molecule has 0 spiro atoms. The second kappa shape index (κ2) is 10.4. The summed E-state index contributed by atoms with van der Waals surface area (Å²) < 4.78 is 0. The Kier molecular flexibility index (Phi) is 8.22. The predicted octanol–water partition coefficient (Wildman–Crippen LogP) is 7.51. The van der Waals surface area contributed by atoms with Gasteiger partial charge in [-0.3, -0.25) is 9.69 Å². The molecule has 0 fully saturated rings. The fraction of sp³-hybridized carbons (Fsp3) is 0.429. The molecule has 0 atom stereocenters. The number of para-hydroxylation sites is 2. The maximum absolute atomic E-state index is 12.9. The summed E-state index contributed by atoms with van der Waals surface area (Å²) >= 11 is 0. The molecular weight excluding hydrogens is 380 g/mol. The molecule has 0 saturated heterocycles. The molecule has 0 saturated carbocycles. The van der Waals surface area contributed by atoms with E-state index in [1.807, 2.05) is 0 Å². The standard InChI is InChI=1S/C28H36N2O/c1-10-26(31)30(28-24(20(6)7)15-12-16-25(28)21(8)9)17-29-27-22(18(2)3)13-11-14-23(27)19(4)5/h1,11-21H,2-9H3. The number of amides is 1. The number of anilines is 1. The molecular formula is C28H36N2O. The van der Waals surface area contributed by atoms with E-state index in [-0.39, 0.29) is 11.8 Å². The molecule has 31 heavy (non-hydrogen) atoms. The lowest BCUT2D eigenvalue weighted by molar-refractivity contribution is -0.112. The minimum atomic E-state index is -0.410. The van der Waals surface area contributed by atoms with Crippen LogP contribution in [0.5, 0.6) is 0 Å². The van der Waals surface area contributed by atoms with Gasteiger partial charge in [-0.2, -0.15) is 0 Å². The highest BCUT2D eigenvalue weighted by Crippen LogP contribution is 2.37. The number of benzene rings is 2. The second-order valence-electron chi connectivity index (χ2n) is 9.25. The zero-order chi connectivity index (χ0) is 23.3. The van der Waals surface area contributed by atoms with E-state index in [1.165, 1.54) is 0 Å². The summed E-state index contributed by atoms with van der Waals surface area (Å²) in [7, 11) is 0. The highest BCUT2D eigenvalue weighted by Gasteiger charge is 2.23. The summed E-state index contributed by atoms with van der Waals surface area (Å²) in [5.74, 6) is 3.01. The molecule has 3 heteroatoms. The Morgan fingerprint density at radius 2 is 1.19 bits per heavy atom. The van der Waals surface area contributed by atoms with Gasteiger partial charge in [-0.05, 0) is 51.8 Å². The second-order valence-corrected chi connectivity index (χ2v) is 9.25. The lowest BCUT2D eigenvalue weighted by atomic mass is 9.92. The van der Waals surface area contributed by atoms with Crippen LogP contribution in [-0.4, -0.2) is 12.2 Å². The highest BCUT2D eigenvalue weighted by molar-refractivity contribution is 6.17. The van der Waals surface area contributed by atoms with Crippen molar-refractivity contribution in [3.8, 4) is 12.3 Å². The molecule has 0 heterocycles. The van der Waals surface area contributed by atoms with Crippen molar-refractivity contribution in [2.75, 3.05) is 4.90 Å². The fourth-order valence-electron chi connectivity index (χ4n) is 3.85. The summed E-state index contributed by atoms with van der Waals surface area (Å²) in [5.41, 5.74) is 6.28. The van der Waals surface area contributed by atoms with Crippen LogP contribution < -0.4 is 4.90 Å². The maximum atomic E-state index is 12.9. The SMILES string of the molecule is C#CC(=O)N(C=Nc1c(C(C)C)cccc1C(C)C)c1c(C(C)C)cccc1C(C)C. The van der Waals surface area contributed by atoms with E-state index in [0.717, 1.165) is 33.6 Å². The van der Waals surface area contributed by atoms with Crippen molar-refractivity contribution < 1.29 is 4.79 Å². The summed E-state index contributed by atoms with van der Waals surface area (Å²) in [6.45, 7) is 17.2. The molecule has 2 aromatic rings. The molecule has 0 radical (unpaired) electrons. The number of carbonyl (C=O) groups is 1. The Labute approximate surface area is 188 Å². The molecule has 0 unspecified atom stereocenters. The van der Waals surface area contributed by atoms with E-state index in [0.29, 0.717) is 11.8 Å². The molecule has 0 N–H and O–H groups in total. The van der Waals surface area contributed by atoms with Crippen molar-refractivity contribution in [3.05, 3.63) is 58.7 Å². The molecule has 1 amide bonds. The van der Waals surface area contributed by atoms with Gasteiger partial charge in [0.25, 0.3) is 0 Å². The van der Waals surface area contributed by atoms with Crippen molar-refractivity contribution in [1.29, 1.82) is 0 Å². The molecule has 2 rings (SSSR count). The van der Waals surface area contributed by atoms with Crippen LogP contribution in [0.1, 0.15) is 101 Å². The molecule has 0 aliphatic carbocycles. The third-order valence-corrected chi connectivity index (χ3v) is 5.57. The summed E-state index contributed by atoms with van der Waals surface area (Å²) in [5, 5.41) is 0. The van der Waals surface area contributed by atoms with Crippen molar-refractivity contribution in [2.45, 2.75) is 79.1 Å². The first-order valence-electron chi connectivity index (χ1n) is 11.2. The van der Waals surface area contributed by atoms with Crippen LogP contribution in [0.15, 0.2) is 41.4 Å². The molecule has 0 aliphatic heterocycles. The zero-order valence-corrected chi connectivity index (χ0v) is 20.2. The van der Waals surface area contributed by atoms with Crippen LogP contribution in [0.2, 0.25) is 0 Å². The van der Waals surface area contributed by atoms with Gasteiger partial charge in [0.2, 0.25) is 0 Å². The number of terminal acetylenes is 1. The highest BCUT2D eigenvalue weighted by atomic mass is 16.2. The smallest absolute Gasteiger partial charge is 0.260 e. The fourth-order valence-corrected chi connectivity index (χ4v) is 3.85. The van der Waals surface area contributed by atoms with E-state index in [2.05, 4.69) is 97.7 Å². The van der Waals surface area contributed by atoms with Crippen LogP contribution in [0.4, 0.5) is 11.4 Å². The summed E-state index contributed by atoms with van der Waals surface area (Å²) in [6.07, 6.45) is 7.21. The van der Waals surface area contributed by atoms with E-state index in [4.69, 9.17) is 11.4 Å². The molecule has 0 aromatic heterocycles. The zero-order valence-electron chi connectivity index (χ0n) is 20.2. The van der Waals surface area contributed by atoms with Gasteiger partial charge in [0.05, 0.1) is 11.4 Å². The monoisotopic (exact) mass is 416 g/mol. The Bertz CT molecular complexity index is 938. The van der Waals surface area contributed by atoms with E-state index in [9.17, 15) is 4.79 Å². The number of rotatable bonds is 7. The van der Waals surface area contributed by atoms with Gasteiger partial charge < -0.3 is 0 Å². The van der Waals surface area contributed by atoms with Gasteiger partial charge in [-0.25, -0.2) is 4.99 Å². The molecule has 0 aliphatic rings. The number of hydrogen-bond acceptors (Lipinski definition) is 2. The molecule has 3 nitrogen and oxygen atoms in total. The van der Waals surface area contributed by atoms with Crippen LogP contribution in [0, 0.1) is 12.3 Å². The van der Waals surface area contributed by atoms with Gasteiger partial charge in [0, 0.05) is 0 Å². The first-order valence-corrected chi connectivity index (χ1v) is 11.2. The van der Waals surface area contributed by atoms with Gasteiger partial charge >= 0.3 is 5.91 Å². The van der Waals surface area contributed by atoms with Gasteiger partial charge in [-0.1, -0.05) is 91.8 Å². The van der Waals surface area contributed by atoms with Gasteiger partial charge in [0.1, 0.15) is 6.34 Å². The normalized spacial score (nSPS) is 11.7. The van der Waals surface area contributed by atoms with Gasteiger partial charge in [-0.15, -0.1) is 6.42 Å². The lowest BCUT2D eigenvalue weighted by Crippen LogP contribution is -2.30. The third-order valence-electron chi connectivity index (χ3n) is 5.57. The van der Waals surface area contributed by atoms with E-state index in [1.54, 1.807) is 11.2 Å². The minimum Gasteiger partial charge on any atom is -0.260 e. The largest absolute Gasteiger partial charge is 0.307 e. The number of hydrogen-bond donors (Lipinski definition) is 0. The lowest BCUT2D eigenvalue weighted by Gasteiger charge is -2.26. The van der Waals surface area contributed by atoms with Crippen LogP contribution in [0.25, 0.3) is 0 Å². The average molecular weight is 417 g/mol. The van der Waals surface area contributed by atoms with Crippen molar-refractivity contribution in [3.63, 3.8) is 0 Å². The Morgan fingerprint density at radius 1 is 0.806 bits per heavy atom. The molecule has 0 bridgehead atoms. The number of nitrogens with zero attached hydrogens (tertiary/aromatic N) is 2. The van der Waals surface area contributed by atoms with Crippen molar-refractivity contribution >= 4 is 23.6 Å². The van der Waals surface area contributed by atoms with Crippen LogP contribution in [0.3, 0.4) is 0 Å². The van der Waals surface area contributed by atoms with Crippen LogP contribution in [-0.2, 0) is 4.79 Å². The van der Waals surface area contributed by atoms with Gasteiger partial charge in [0.15, 0.2) is 0 Å². The topological polar surface area (TPSA) is 32.7 Å². The van der Waals surface area contributed by atoms with E-state index < -0.39 is 5.91 Å². The average Bonchev–Trinajstić information content (AvgIpc) is 2.72. The maximum Gasteiger partial charge on any atom is 0.307 e. The first-order chi connectivity index (χ1) is 14.6. The summed E-state index contributed by atoms with van der Waals surface area (Å²) in [6, 6.07) is 12.5. The summed E-state index contributed by atoms with van der Waals surface area (Å²) in [4.78, 5) is 19.4. The number of aliphatic imine (C=N–C) groups is 1. The first kappa shape index (κ1) is 24.4. The minimum absolute atomic E-state index is 0.240. The Balaban J connectivity index is 2.76. The van der Waals surface area contributed by atoms with Crippen molar-refractivity contribution in [2.24, 2.45) is 4.99 Å². The Hall–Kier alpha value is -2.86. The molecule has 164 valence electrons. The number of carbonyl (C=O) groups excluding carboxylic acids is 1. The van der Waals surface area contributed by atoms with Crippen LogP contribution >= 0.6 is 0 Å². The van der Waals surface area contributed by atoms with E-state index >= 15 is 0 Å². The van der Waals surface area contributed by atoms with Crippen molar-refractivity contribution in [1.82, 2.24) is 0 Å². The Morgan fingerprint density at radius 3 is 1.55 bits per heavy atom.